The zero-order valence-electron chi connectivity index (χ0n) is 19.1. The van der Waals surface area contributed by atoms with Crippen LogP contribution in [0.2, 0.25) is 0 Å². The van der Waals surface area contributed by atoms with Crippen LogP contribution < -0.4 is 10.0 Å². The van der Waals surface area contributed by atoms with E-state index in [0.717, 1.165) is 10.0 Å². The van der Waals surface area contributed by atoms with Crippen molar-refractivity contribution in [2.45, 2.75) is 13.8 Å². The van der Waals surface area contributed by atoms with Crippen LogP contribution in [0.15, 0.2) is 82.5 Å². The number of anilines is 2. The van der Waals surface area contributed by atoms with Crippen molar-refractivity contribution in [2.75, 3.05) is 23.2 Å². The summed E-state index contributed by atoms with van der Waals surface area (Å²) in [6.07, 6.45) is 1.22. The number of para-hydroxylation sites is 2. The van der Waals surface area contributed by atoms with Crippen LogP contribution in [0.5, 0.6) is 0 Å². The molecule has 0 N–H and O–H groups in total. The van der Waals surface area contributed by atoms with Gasteiger partial charge in [0.15, 0.2) is 11.4 Å². The lowest BCUT2D eigenvalue weighted by molar-refractivity contribution is -0.136. The number of ether oxygens (including phenoxy) is 2. The summed E-state index contributed by atoms with van der Waals surface area (Å²) in [5.74, 6) is -4.13. The lowest BCUT2D eigenvalue weighted by Gasteiger charge is -2.13. The standard InChI is InChI=1S/C25H22N4O6/c1-3-34-24(32)20-18(22(30)28(26-20)16-11-7-5-8-12-16)15-19-21(25(33)35-4-2)27-29(23(19)31)17-13-9-6-10-14-17/h5-15,18H,3-4H2,1-2H3. The van der Waals surface area contributed by atoms with Crippen molar-refractivity contribution >= 4 is 46.6 Å². The zero-order chi connectivity index (χ0) is 24.9. The van der Waals surface area contributed by atoms with Crippen LogP contribution in [0.25, 0.3) is 0 Å². The lowest BCUT2D eigenvalue weighted by Crippen LogP contribution is -2.31. The fraction of sp³-hybridized carbons (Fsp3) is 0.200. The van der Waals surface area contributed by atoms with Gasteiger partial charge in [-0.15, -0.1) is 0 Å². The Labute approximate surface area is 201 Å². The highest BCUT2D eigenvalue weighted by atomic mass is 16.5. The van der Waals surface area contributed by atoms with E-state index in [-0.39, 0.29) is 30.2 Å². The van der Waals surface area contributed by atoms with Gasteiger partial charge < -0.3 is 9.47 Å². The van der Waals surface area contributed by atoms with Crippen LogP contribution >= 0.6 is 0 Å². The molecule has 0 radical (unpaired) electrons. The van der Waals surface area contributed by atoms with Crippen LogP contribution in [-0.4, -0.2) is 48.4 Å². The van der Waals surface area contributed by atoms with Crippen molar-refractivity contribution < 1.29 is 28.7 Å². The first kappa shape index (κ1) is 23.6. The van der Waals surface area contributed by atoms with Crippen LogP contribution in [-0.2, 0) is 28.7 Å². The van der Waals surface area contributed by atoms with E-state index < -0.39 is 29.7 Å². The molecule has 2 aliphatic rings. The van der Waals surface area contributed by atoms with Crippen LogP contribution in [0.3, 0.4) is 0 Å². The first-order chi connectivity index (χ1) is 17.0. The highest BCUT2D eigenvalue weighted by Gasteiger charge is 2.43. The Kier molecular flexibility index (Phi) is 6.81. The maximum absolute atomic E-state index is 13.4. The number of benzene rings is 2. The molecule has 2 aliphatic heterocycles. The summed E-state index contributed by atoms with van der Waals surface area (Å²) in [6.45, 7) is 3.38. The fourth-order valence-corrected chi connectivity index (χ4v) is 3.57. The van der Waals surface area contributed by atoms with Crippen molar-refractivity contribution in [1.82, 2.24) is 0 Å². The number of esters is 2. The van der Waals surface area contributed by atoms with Gasteiger partial charge in [-0.25, -0.2) is 9.59 Å². The van der Waals surface area contributed by atoms with Crippen molar-refractivity contribution in [3.63, 3.8) is 0 Å². The van der Waals surface area contributed by atoms with Gasteiger partial charge in [0.05, 0.1) is 30.2 Å². The Morgan fingerprint density at radius 2 is 1.37 bits per heavy atom. The third-order valence-electron chi connectivity index (χ3n) is 5.14. The average molecular weight is 474 g/mol. The number of nitrogens with zero attached hydrogens (tertiary/aromatic N) is 4. The minimum absolute atomic E-state index is 0.0599. The predicted molar refractivity (Wildman–Crippen MR) is 128 cm³/mol. The Balaban J connectivity index is 1.78. The molecular weight excluding hydrogens is 452 g/mol. The summed E-state index contributed by atoms with van der Waals surface area (Å²) in [7, 11) is 0. The van der Waals surface area contributed by atoms with E-state index in [0.29, 0.717) is 11.4 Å². The number of hydrazone groups is 2. The third-order valence-corrected chi connectivity index (χ3v) is 5.14. The molecule has 0 aromatic heterocycles. The van der Waals surface area contributed by atoms with E-state index in [1.165, 1.54) is 6.08 Å². The van der Waals surface area contributed by atoms with Crippen molar-refractivity contribution in [3.8, 4) is 0 Å². The van der Waals surface area contributed by atoms with Gasteiger partial charge in [0.1, 0.15) is 5.92 Å². The summed E-state index contributed by atoms with van der Waals surface area (Å²) in [4.78, 5) is 52.0. The fourth-order valence-electron chi connectivity index (χ4n) is 3.57. The molecule has 0 saturated carbocycles. The molecule has 2 aromatic rings. The maximum Gasteiger partial charge on any atom is 0.359 e. The molecule has 10 heteroatoms. The maximum atomic E-state index is 13.4. The molecule has 178 valence electrons. The summed E-state index contributed by atoms with van der Waals surface area (Å²) in [5.41, 5.74) is 0.212. The third kappa shape index (κ3) is 4.58. The van der Waals surface area contributed by atoms with Gasteiger partial charge >= 0.3 is 11.9 Å². The smallest absolute Gasteiger partial charge is 0.359 e. The molecule has 1 atom stereocenters. The molecule has 0 spiro atoms. The van der Waals surface area contributed by atoms with Crippen molar-refractivity contribution in [3.05, 3.63) is 72.3 Å². The van der Waals surface area contributed by atoms with Gasteiger partial charge in [-0.3, -0.25) is 9.59 Å². The van der Waals surface area contributed by atoms with Gasteiger partial charge in [-0.05, 0) is 38.1 Å². The highest BCUT2D eigenvalue weighted by Crippen LogP contribution is 2.29. The molecule has 0 aliphatic carbocycles. The predicted octanol–water partition coefficient (Wildman–Crippen LogP) is 2.46. The zero-order valence-corrected chi connectivity index (χ0v) is 19.1. The summed E-state index contributed by atoms with van der Waals surface area (Å²) < 4.78 is 10.2. The van der Waals surface area contributed by atoms with Gasteiger partial charge in [-0.2, -0.15) is 20.2 Å². The second-order valence-corrected chi connectivity index (χ2v) is 7.37. The minimum Gasteiger partial charge on any atom is -0.461 e. The van der Waals surface area contributed by atoms with E-state index >= 15 is 0 Å². The summed E-state index contributed by atoms with van der Waals surface area (Å²) >= 11 is 0. The Morgan fingerprint density at radius 3 is 1.94 bits per heavy atom. The SMILES string of the molecule is CCOC(=O)C1=NN(c2ccccc2)C(=O)C1=CC1C(=O)N(c2ccccc2)N=C1C(=O)OCC. The molecule has 1 unspecified atom stereocenters. The number of carbonyl (C=O) groups excluding carboxylic acids is 4. The van der Waals surface area contributed by atoms with Crippen LogP contribution in [0.4, 0.5) is 11.4 Å². The molecule has 2 amide bonds. The number of rotatable bonds is 7. The minimum atomic E-state index is -1.27. The Morgan fingerprint density at radius 1 is 0.829 bits per heavy atom. The molecule has 0 saturated heterocycles. The van der Waals surface area contributed by atoms with Gasteiger partial charge in [0.2, 0.25) is 0 Å². The highest BCUT2D eigenvalue weighted by molar-refractivity contribution is 6.54. The van der Waals surface area contributed by atoms with E-state index in [1.807, 2.05) is 0 Å². The average Bonchev–Trinajstić information content (AvgIpc) is 3.38. The summed E-state index contributed by atoms with van der Waals surface area (Å²) in [5, 5.41) is 10.5. The molecule has 10 nitrogen and oxygen atoms in total. The normalized spacial score (nSPS) is 18.6. The molecular formula is C25H22N4O6. The Bertz CT molecular complexity index is 1250. The second kappa shape index (κ2) is 10.1. The van der Waals surface area contributed by atoms with E-state index in [4.69, 9.17) is 9.47 Å². The quantitative estimate of drug-likeness (QED) is 0.449. The summed E-state index contributed by atoms with van der Waals surface area (Å²) in [6, 6.07) is 17.0. The first-order valence-electron chi connectivity index (χ1n) is 11.0. The van der Waals surface area contributed by atoms with Gasteiger partial charge in [0.25, 0.3) is 11.8 Å². The first-order valence-corrected chi connectivity index (χ1v) is 11.0. The number of hydrogen-bond donors (Lipinski definition) is 0. The number of amides is 2. The molecule has 2 aromatic carbocycles. The van der Waals surface area contributed by atoms with E-state index in [2.05, 4.69) is 10.2 Å². The van der Waals surface area contributed by atoms with Crippen molar-refractivity contribution in [2.24, 2.45) is 16.1 Å². The van der Waals surface area contributed by atoms with Crippen LogP contribution in [0, 0.1) is 5.92 Å². The lowest BCUT2D eigenvalue weighted by atomic mass is 9.97. The van der Waals surface area contributed by atoms with Crippen LogP contribution in [0.1, 0.15) is 13.8 Å². The van der Waals surface area contributed by atoms with Gasteiger partial charge in [0, 0.05) is 0 Å². The molecule has 0 fully saturated rings. The molecule has 0 bridgehead atoms. The largest absolute Gasteiger partial charge is 0.461 e. The van der Waals surface area contributed by atoms with Gasteiger partial charge in [-0.1, -0.05) is 42.5 Å². The number of hydrogen-bond acceptors (Lipinski definition) is 8. The molecule has 4 rings (SSSR count). The molecule has 35 heavy (non-hydrogen) atoms. The van der Waals surface area contributed by atoms with Crippen molar-refractivity contribution in [1.29, 1.82) is 0 Å². The number of carbonyl (C=O) groups is 4. The second-order valence-electron chi connectivity index (χ2n) is 7.37. The van der Waals surface area contributed by atoms with E-state index in [1.54, 1.807) is 74.5 Å². The topological polar surface area (TPSA) is 118 Å². The Hall–Kier alpha value is -4.60. The van der Waals surface area contributed by atoms with E-state index in [9.17, 15) is 19.2 Å². The monoisotopic (exact) mass is 474 g/mol. The molecule has 2 heterocycles.